The Morgan fingerprint density at radius 1 is 1.05 bits per heavy atom. The molecule has 3 N–H and O–H groups in total. The Balaban J connectivity index is 0. The van der Waals surface area contributed by atoms with Crippen LogP contribution in [0.3, 0.4) is 0 Å². The van der Waals surface area contributed by atoms with Crippen LogP contribution in [0.2, 0.25) is 0 Å². The SMILES string of the molecule is CC.CC/C=C\C(C)=C(/C)C(=NC/C=C(\C)N)c1ccc(C(F)(F)F)cc1O.CCCCCCC(C)CC. The molecule has 6 heteroatoms. The largest absolute Gasteiger partial charge is 0.507 e. The molecule has 1 atom stereocenters. The highest BCUT2D eigenvalue weighted by Crippen LogP contribution is 2.33. The lowest BCUT2D eigenvalue weighted by atomic mass is 9.97. The van der Waals surface area contributed by atoms with Crippen molar-refractivity contribution < 1.29 is 18.3 Å². The molecule has 0 aliphatic rings. The molecule has 0 amide bonds. The second-order valence-electron chi connectivity index (χ2n) is 9.35. The summed E-state index contributed by atoms with van der Waals surface area (Å²) in [5, 5.41) is 10.2. The van der Waals surface area contributed by atoms with E-state index in [4.69, 9.17) is 5.73 Å². The summed E-state index contributed by atoms with van der Waals surface area (Å²) in [5.74, 6) is 0.496. The number of hydrogen-bond donors (Lipinski definition) is 2. The fourth-order valence-electron chi connectivity index (χ4n) is 3.32. The van der Waals surface area contributed by atoms with Gasteiger partial charge in [0, 0.05) is 11.3 Å². The standard InChI is InChI=1S/C20H25F3N2O.C10H22.C2H6/c1-5-6-7-13(2)15(4)19(25-11-10-14(3)24)17-9-8-16(12-18(17)26)20(21,22)23;1-4-6-7-8-9-10(3)5-2;1-2/h6-10,12,26H,5,11,24H2,1-4H3;10H,4-9H2,1-3H3;1-2H3/b7-6-,14-10+,15-13+,25-19?;;. The number of aliphatic imine (C=N–C) groups is 1. The predicted molar refractivity (Wildman–Crippen MR) is 160 cm³/mol. The van der Waals surface area contributed by atoms with Gasteiger partial charge in [0.15, 0.2) is 0 Å². The summed E-state index contributed by atoms with van der Waals surface area (Å²) < 4.78 is 38.5. The minimum absolute atomic E-state index is 0.253. The van der Waals surface area contributed by atoms with Crippen LogP contribution in [0.15, 0.2) is 58.3 Å². The van der Waals surface area contributed by atoms with Crippen molar-refractivity contribution in [2.75, 3.05) is 6.54 Å². The minimum atomic E-state index is -4.52. The van der Waals surface area contributed by atoms with Crippen molar-refractivity contribution in [2.45, 2.75) is 113 Å². The van der Waals surface area contributed by atoms with E-state index in [9.17, 15) is 18.3 Å². The molecule has 0 aliphatic heterocycles. The number of halogens is 3. The Labute approximate surface area is 230 Å². The van der Waals surface area contributed by atoms with E-state index in [1.165, 1.54) is 44.6 Å². The number of nitrogens with zero attached hydrogens (tertiary/aromatic N) is 1. The molecule has 0 fully saturated rings. The molecule has 0 saturated carbocycles. The molecular formula is C32H53F3N2O. The second kappa shape index (κ2) is 21.4. The van der Waals surface area contributed by atoms with Crippen LogP contribution in [0.25, 0.3) is 0 Å². The highest BCUT2D eigenvalue weighted by atomic mass is 19.4. The van der Waals surface area contributed by atoms with Gasteiger partial charge in [-0.3, -0.25) is 4.99 Å². The maximum Gasteiger partial charge on any atom is 0.416 e. The van der Waals surface area contributed by atoms with Crippen LogP contribution in [-0.2, 0) is 6.18 Å². The number of hydrogen-bond acceptors (Lipinski definition) is 3. The monoisotopic (exact) mass is 538 g/mol. The van der Waals surface area contributed by atoms with Gasteiger partial charge in [-0.25, -0.2) is 0 Å². The Morgan fingerprint density at radius 2 is 1.68 bits per heavy atom. The summed E-state index contributed by atoms with van der Waals surface area (Å²) in [6.45, 7) is 18.6. The number of nitrogens with two attached hydrogens (primary N) is 1. The normalized spacial score (nSPS) is 13.8. The zero-order valence-corrected chi connectivity index (χ0v) is 25.3. The maximum absolute atomic E-state index is 12.8. The molecule has 1 rings (SSSR count). The van der Waals surface area contributed by atoms with Crippen molar-refractivity contribution in [3.63, 3.8) is 0 Å². The summed E-state index contributed by atoms with van der Waals surface area (Å²) in [6, 6.07) is 2.91. The van der Waals surface area contributed by atoms with E-state index >= 15 is 0 Å². The van der Waals surface area contributed by atoms with Gasteiger partial charge in [-0.2, -0.15) is 13.2 Å². The average Bonchev–Trinajstić information content (AvgIpc) is 2.88. The van der Waals surface area contributed by atoms with Crippen molar-refractivity contribution in [3.8, 4) is 5.75 Å². The predicted octanol–water partition coefficient (Wildman–Crippen LogP) is 10.4. The quantitative estimate of drug-likeness (QED) is 0.158. The number of phenolic OH excluding ortho intramolecular Hbond substituents is 1. The van der Waals surface area contributed by atoms with Crippen molar-refractivity contribution >= 4 is 5.71 Å². The van der Waals surface area contributed by atoms with Crippen LogP contribution < -0.4 is 5.73 Å². The third-order valence-electron chi connectivity index (χ3n) is 6.04. The van der Waals surface area contributed by atoms with Gasteiger partial charge in [-0.05, 0) is 68.5 Å². The first-order valence-corrected chi connectivity index (χ1v) is 14.1. The smallest absolute Gasteiger partial charge is 0.416 e. The first-order valence-electron chi connectivity index (χ1n) is 14.1. The Kier molecular flexibility index (Phi) is 21.2. The van der Waals surface area contributed by atoms with Gasteiger partial charge in [-0.1, -0.05) is 92.2 Å². The van der Waals surface area contributed by atoms with Gasteiger partial charge >= 0.3 is 6.18 Å². The lowest BCUT2D eigenvalue weighted by molar-refractivity contribution is -0.137. The number of rotatable bonds is 12. The lowest BCUT2D eigenvalue weighted by Crippen LogP contribution is -2.09. The topological polar surface area (TPSA) is 58.6 Å². The molecule has 0 bridgehead atoms. The van der Waals surface area contributed by atoms with Gasteiger partial charge in [-0.15, -0.1) is 0 Å². The van der Waals surface area contributed by atoms with Crippen molar-refractivity contribution in [3.05, 3.63) is 64.4 Å². The molecule has 0 saturated heterocycles. The number of alkyl halides is 3. The molecule has 1 aromatic carbocycles. The minimum Gasteiger partial charge on any atom is -0.507 e. The number of aromatic hydroxyl groups is 1. The van der Waals surface area contributed by atoms with Crippen LogP contribution in [-0.4, -0.2) is 17.4 Å². The molecule has 0 spiro atoms. The molecule has 0 heterocycles. The molecule has 0 radical (unpaired) electrons. The molecule has 0 aliphatic carbocycles. The maximum atomic E-state index is 12.8. The van der Waals surface area contributed by atoms with E-state index in [-0.39, 0.29) is 12.1 Å². The molecular weight excluding hydrogens is 485 g/mol. The van der Waals surface area contributed by atoms with E-state index in [0.29, 0.717) is 11.4 Å². The first kappa shape index (κ1) is 37.7. The fraction of sp³-hybridized carbons (Fsp3) is 0.594. The second-order valence-corrected chi connectivity index (χ2v) is 9.35. The summed E-state index contributed by atoms with van der Waals surface area (Å²) in [5.41, 5.74) is 7.68. The molecule has 0 aromatic heterocycles. The Hall–Kier alpha value is -2.50. The van der Waals surface area contributed by atoms with E-state index < -0.39 is 17.5 Å². The number of phenols is 1. The first-order chi connectivity index (χ1) is 17.9. The fourth-order valence-corrected chi connectivity index (χ4v) is 3.32. The van der Waals surface area contributed by atoms with Crippen LogP contribution in [0.5, 0.6) is 5.75 Å². The summed E-state index contributed by atoms with van der Waals surface area (Å²) in [4.78, 5) is 4.44. The lowest BCUT2D eigenvalue weighted by Gasteiger charge is -2.14. The van der Waals surface area contributed by atoms with Gasteiger partial charge in [0.2, 0.25) is 0 Å². The number of allylic oxidation sites excluding steroid dienone is 5. The Morgan fingerprint density at radius 3 is 2.16 bits per heavy atom. The van der Waals surface area contributed by atoms with Crippen LogP contribution in [0, 0.1) is 5.92 Å². The molecule has 3 nitrogen and oxygen atoms in total. The van der Waals surface area contributed by atoms with E-state index in [1.54, 1.807) is 13.0 Å². The van der Waals surface area contributed by atoms with Crippen molar-refractivity contribution in [2.24, 2.45) is 16.6 Å². The van der Waals surface area contributed by atoms with E-state index in [0.717, 1.165) is 35.6 Å². The van der Waals surface area contributed by atoms with Gasteiger partial charge < -0.3 is 10.8 Å². The summed E-state index contributed by atoms with van der Waals surface area (Å²) >= 11 is 0. The van der Waals surface area contributed by atoms with Gasteiger partial charge in [0.25, 0.3) is 0 Å². The van der Waals surface area contributed by atoms with Gasteiger partial charge in [0.05, 0.1) is 17.8 Å². The van der Waals surface area contributed by atoms with Gasteiger partial charge in [0.1, 0.15) is 5.75 Å². The van der Waals surface area contributed by atoms with E-state index in [1.807, 2.05) is 46.8 Å². The van der Waals surface area contributed by atoms with Crippen molar-refractivity contribution in [1.82, 2.24) is 0 Å². The zero-order chi connectivity index (χ0) is 29.7. The van der Waals surface area contributed by atoms with Crippen LogP contribution >= 0.6 is 0 Å². The zero-order valence-electron chi connectivity index (χ0n) is 25.3. The molecule has 1 unspecified atom stereocenters. The van der Waals surface area contributed by atoms with Crippen LogP contribution in [0.1, 0.15) is 118 Å². The van der Waals surface area contributed by atoms with Crippen molar-refractivity contribution in [1.29, 1.82) is 0 Å². The summed E-state index contributed by atoms with van der Waals surface area (Å²) in [7, 11) is 0. The molecule has 218 valence electrons. The number of unbranched alkanes of at least 4 members (excludes halogenated alkanes) is 3. The van der Waals surface area contributed by atoms with E-state index in [2.05, 4.69) is 25.8 Å². The highest BCUT2D eigenvalue weighted by Gasteiger charge is 2.31. The number of benzene rings is 1. The average molecular weight is 539 g/mol. The highest BCUT2D eigenvalue weighted by molar-refractivity contribution is 6.14. The molecule has 1 aromatic rings. The third-order valence-corrected chi connectivity index (χ3v) is 6.04. The summed E-state index contributed by atoms with van der Waals surface area (Å²) in [6.07, 6.45) is 10.4. The Bertz CT molecular complexity index is 892. The third kappa shape index (κ3) is 16.4. The van der Waals surface area contributed by atoms with Crippen LogP contribution in [0.4, 0.5) is 13.2 Å². The molecule has 38 heavy (non-hydrogen) atoms.